The number of hydrogen-bond acceptors (Lipinski definition) is 3. The molecule has 0 amide bonds. The lowest BCUT2D eigenvalue weighted by molar-refractivity contribution is -0.385. The average molecular weight is 180 g/mol. The number of nitrogens with zero attached hydrogens (tertiary/aromatic N) is 1. The van der Waals surface area contributed by atoms with Crippen molar-refractivity contribution in [3.63, 3.8) is 0 Å². The van der Waals surface area contributed by atoms with Crippen LogP contribution in [0.5, 0.6) is 5.75 Å². The summed E-state index contributed by atoms with van der Waals surface area (Å²) in [5, 5.41) is 10.4. The zero-order chi connectivity index (χ0) is 9.68. The van der Waals surface area contributed by atoms with Gasteiger partial charge in [-0.1, -0.05) is 6.92 Å². The molecule has 4 heteroatoms. The fourth-order valence-electron chi connectivity index (χ4n) is 0.847. The highest BCUT2D eigenvalue weighted by Gasteiger charge is 2.05. The Bertz CT molecular complexity index is 299. The summed E-state index contributed by atoms with van der Waals surface area (Å²) in [7, 11) is 0. The van der Waals surface area contributed by atoms with Gasteiger partial charge in [0.25, 0.3) is 5.69 Å². The van der Waals surface area contributed by atoms with Gasteiger partial charge in [-0.05, 0) is 18.6 Å². The summed E-state index contributed by atoms with van der Waals surface area (Å²) >= 11 is 0. The summed E-state index contributed by atoms with van der Waals surface area (Å²) in [4.78, 5) is 9.89. The van der Waals surface area contributed by atoms with Crippen LogP contribution in [0.15, 0.2) is 18.2 Å². The molecule has 13 heavy (non-hydrogen) atoms. The van der Waals surface area contributed by atoms with Crippen molar-refractivity contribution < 1.29 is 9.66 Å². The summed E-state index contributed by atoms with van der Waals surface area (Å²) in [5.74, 6) is 0.496. The van der Waals surface area contributed by atoms with E-state index >= 15 is 0 Å². The van der Waals surface area contributed by atoms with Crippen molar-refractivity contribution in [2.24, 2.45) is 0 Å². The van der Waals surface area contributed by atoms with Gasteiger partial charge in [0.15, 0.2) is 0 Å². The largest absolute Gasteiger partial charge is 0.493 e. The summed E-state index contributed by atoms with van der Waals surface area (Å²) in [6, 6.07) is 6.95. The van der Waals surface area contributed by atoms with Gasteiger partial charge in [0.1, 0.15) is 5.75 Å². The van der Waals surface area contributed by atoms with Gasteiger partial charge in [-0.15, -0.1) is 0 Å². The van der Waals surface area contributed by atoms with Crippen LogP contribution < -0.4 is 4.74 Å². The molecule has 0 heterocycles. The van der Waals surface area contributed by atoms with Crippen molar-refractivity contribution in [1.82, 2.24) is 0 Å². The van der Waals surface area contributed by atoms with E-state index in [2.05, 4.69) is 6.07 Å². The number of benzene rings is 1. The minimum Gasteiger partial charge on any atom is -0.493 e. The van der Waals surface area contributed by atoms with Gasteiger partial charge < -0.3 is 4.74 Å². The quantitative estimate of drug-likeness (QED) is 0.527. The molecule has 1 rings (SSSR count). The van der Waals surface area contributed by atoms with E-state index in [1.54, 1.807) is 6.07 Å². The van der Waals surface area contributed by atoms with Crippen molar-refractivity contribution in [3.05, 3.63) is 34.4 Å². The molecule has 0 saturated heterocycles. The molecular formula is C9H10NO3. The van der Waals surface area contributed by atoms with Gasteiger partial charge in [-0.25, -0.2) is 0 Å². The lowest BCUT2D eigenvalue weighted by Crippen LogP contribution is -1.95. The van der Waals surface area contributed by atoms with E-state index < -0.39 is 4.92 Å². The minimum absolute atomic E-state index is 0.00797. The van der Waals surface area contributed by atoms with Crippen LogP contribution >= 0.6 is 0 Å². The van der Waals surface area contributed by atoms with E-state index in [0.29, 0.717) is 12.4 Å². The molecule has 1 aromatic rings. The Morgan fingerprint density at radius 3 is 3.00 bits per heavy atom. The first-order valence-corrected chi connectivity index (χ1v) is 4.02. The number of hydrogen-bond donors (Lipinski definition) is 0. The van der Waals surface area contributed by atoms with Crippen LogP contribution in [-0.2, 0) is 0 Å². The molecule has 4 nitrogen and oxygen atoms in total. The van der Waals surface area contributed by atoms with Gasteiger partial charge in [0.05, 0.1) is 17.6 Å². The van der Waals surface area contributed by atoms with Gasteiger partial charge in [-0.3, -0.25) is 10.1 Å². The van der Waals surface area contributed by atoms with Crippen molar-refractivity contribution in [1.29, 1.82) is 0 Å². The molecule has 0 aromatic heterocycles. The minimum atomic E-state index is -0.463. The highest BCUT2D eigenvalue weighted by molar-refractivity contribution is 5.37. The van der Waals surface area contributed by atoms with E-state index in [1.165, 1.54) is 12.1 Å². The number of non-ortho nitro benzene ring substituents is 1. The number of ether oxygens (including phenoxy) is 1. The summed E-state index contributed by atoms with van der Waals surface area (Å²) in [5.41, 5.74) is 0.00797. The molecular weight excluding hydrogens is 170 g/mol. The zero-order valence-corrected chi connectivity index (χ0v) is 7.32. The van der Waals surface area contributed by atoms with Crippen LogP contribution in [0.4, 0.5) is 5.69 Å². The Labute approximate surface area is 76.3 Å². The summed E-state index contributed by atoms with van der Waals surface area (Å²) < 4.78 is 5.21. The van der Waals surface area contributed by atoms with Crippen molar-refractivity contribution in [3.8, 4) is 5.75 Å². The second kappa shape index (κ2) is 4.45. The maximum absolute atomic E-state index is 10.4. The first-order chi connectivity index (χ1) is 6.24. The highest BCUT2D eigenvalue weighted by Crippen LogP contribution is 2.18. The van der Waals surface area contributed by atoms with E-state index in [4.69, 9.17) is 4.74 Å². The van der Waals surface area contributed by atoms with E-state index in [0.717, 1.165) is 6.42 Å². The third kappa shape index (κ3) is 2.74. The SMILES string of the molecule is CCCOc1c[c]cc([N+](=O)[O-])c1. The standard InChI is InChI=1S/C9H10NO3/c1-2-6-13-9-5-3-4-8(7-9)10(11)12/h4-5,7H,2,6H2,1H3. The summed E-state index contributed by atoms with van der Waals surface area (Å²) in [6.07, 6.45) is 0.878. The maximum atomic E-state index is 10.4. The molecule has 1 radical (unpaired) electrons. The van der Waals surface area contributed by atoms with E-state index in [-0.39, 0.29) is 5.69 Å². The second-order valence-electron chi connectivity index (χ2n) is 2.53. The lowest BCUT2D eigenvalue weighted by atomic mass is 10.3. The molecule has 0 unspecified atom stereocenters. The fourth-order valence-corrected chi connectivity index (χ4v) is 0.847. The van der Waals surface area contributed by atoms with Crippen LogP contribution in [0.3, 0.4) is 0 Å². The summed E-state index contributed by atoms with van der Waals surface area (Å²) in [6.45, 7) is 2.54. The van der Waals surface area contributed by atoms with Crippen LogP contribution in [-0.4, -0.2) is 11.5 Å². The Morgan fingerprint density at radius 1 is 1.62 bits per heavy atom. The van der Waals surface area contributed by atoms with Gasteiger partial charge in [0, 0.05) is 6.07 Å². The topological polar surface area (TPSA) is 52.4 Å². The molecule has 69 valence electrons. The Morgan fingerprint density at radius 2 is 2.38 bits per heavy atom. The maximum Gasteiger partial charge on any atom is 0.273 e. The molecule has 1 aromatic carbocycles. The number of nitro benzene ring substituents is 1. The van der Waals surface area contributed by atoms with Crippen molar-refractivity contribution >= 4 is 5.69 Å². The molecule has 0 aliphatic rings. The molecule has 0 aliphatic carbocycles. The number of rotatable bonds is 4. The first-order valence-electron chi connectivity index (χ1n) is 4.02. The first kappa shape index (κ1) is 9.51. The molecule has 0 atom stereocenters. The second-order valence-corrected chi connectivity index (χ2v) is 2.53. The van der Waals surface area contributed by atoms with E-state index in [1.807, 2.05) is 6.92 Å². The van der Waals surface area contributed by atoms with Crippen LogP contribution in [0.25, 0.3) is 0 Å². The molecule has 0 saturated carbocycles. The Kier molecular flexibility index (Phi) is 3.25. The fraction of sp³-hybridized carbons (Fsp3) is 0.333. The Hall–Kier alpha value is -1.58. The molecule has 0 bridgehead atoms. The highest BCUT2D eigenvalue weighted by atomic mass is 16.6. The smallest absolute Gasteiger partial charge is 0.273 e. The molecule has 0 spiro atoms. The Balaban J connectivity index is 2.73. The zero-order valence-electron chi connectivity index (χ0n) is 7.32. The monoisotopic (exact) mass is 180 g/mol. The predicted octanol–water partition coefficient (Wildman–Crippen LogP) is 2.18. The third-order valence-electron chi connectivity index (χ3n) is 1.43. The normalized spacial score (nSPS) is 9.62. The van der Waals surface area contributed by atoms with E-state index in [9.17, 15) is 10.1 Å². The van der Waals surface area contributed by atoms with Gasteiger partial charge in [-0.2, -0.15) is 0 Å². The average Bonchev–Trinajstić information content (AvgIpc) is 2.15. The van der Waals surface area contributed by atoms with Crippen molar-refractivity contribution in [2.75, 3.05) is 6.61 Å². The van der Waals surface area contributed by atoms with Gasteiger partial charge >= 0.3 is 0 Å². The van der Waals surface area contributed by atoms with Gasteiger partial charge in [0.2, 0.25) is 0 Å². The predicted molar refractivity (Wildman–Crippen MR) is 47.7 cm³/mol. The number of nitro groups is 1. The third-order valence-corrected chi connectivity index (χ3v) is 1.43. The molecule has 0 aliphatic heterocycles. The lowest BCUT2D eigenvalue weighted by Gasteiger charge is -2.02. The molecule has 0 fully saturated rings. The van der Waals surface area contributed by atoms with Crippen LogP contribution in [0, 0.1) is 16.2 Å². The van der Waals surface area contributed by atoms with Crippen LogP contribution in [0.2, 0.25) is 0 Å². The molecule has 0 N–H and O–H groups in total. The van der Waals surface area contributed by atoms with Crippen LogP contribution in [0.1, 0.15) is 13.3 Å². The van der Waals surface area contributed by atoms with Crippen molar-refractivity contribution in [2.45, 2.75) is 13.3 Å².